The van der Waals surface area contributed by atoms with E-state index in [1.54, 1.807) is 17.7 Å². The van der Waals surface area contributed by atoms with Crippen LogP contribution in [0.5, 0.6) is 0 Å². The molecule has 0 radical (unpaired) electrons. The van der Waals surface area contributed by atoms with Crippen molar-refractivity contribution in [2.75, 3.05) is 13.7 Å². The lowest BCUT2D eigenvalue weighted by Gasteiger charge is -2.16. The fourth-order valence-electron chi connectivity index (χ4n) is 2.87. The lowest BCUT2D eigenvalue weighted by molar-refractivity contribution is -0.120. The molecule has 0 aliphatic carbocycles. The second-order valence-electron chi connectivity index (χ2n) is 6.82. The zero-order valence-electron chi connectivity index (χ0n) is 16.8. The molecule has 0 aliphatic rings. The van der Waals surface area contributed by atoms with Crippen LogP contribution in [-0.2, 0) is 22.6 Å². The van der Waals surface area contributed by atoms with Crippen LogP contribution >= 0.6 is 11.8 Å². The van der Waals surface area contributed by atoms with Crippen LogP contribution in [-0.4, -0.2) is 34.4 Å². The molecule has 0 unspecified atom stereocenters. The SMILES string of the molecule is COCCn1c(S[C@H](C)C(=O)NCc2ccc(C)cc2)nc2ccccc2c1=O. The number of aryl methyl sites for hydroxylation is 1. The van der Waals surface area contributed by atoms with Crippen LogP contribution < -0.4 is 10.9 Å². The molecule has 3 rings (SSSR count). The van der Waals surface area contributed by atoms with Gasteiger partial charge in [0.15, 0.2) is 5.16 Å². The Morgan fingerprint density at radius 1 is 1.21 bits per heavy atom. The lowest BCUT2D eigenvalue weighted by atomic mass is 10.1. The van der Waals surface area contributed by atoms with Gasteiger partial charge in [-0.1, -0.05) is 53.7 Å². The number of carbonyl (C=O) groups is 1. The smallest absolute Gasteiger partial charge is 0.262 e. The van der Waals surface area contributed by atoms with Crippen LogP contribution in [0.4, 0.5) is 0 Å². The van der Waals surface area contributed by atoms with E-state index in [0.29, 0.717) is 35.8 Å². The molecule has 1 N–H and O–H groups in total. The van der Waals surface area contributed by atoms with E-state index in [1.165, 1.54) is 17.3 Å². The summed E-state index contributed by atoms with van der Waals surface area (Å²) in [6.45, 7) is 5.08. The third-order valence-corrected chi connectivity index (χ3v) is 5.67. The molecule has 2 aromatic carbocycles. The Kier molecular flexibility index (Phi) is 7.06. The van der Waals surface area contributed by atoms with E-state index in [9.17, 15) is 9.59 Å². The van der Waals surface area contributed by atoms with Crippen LogP contribution in [0, 0.1) is 6.92 Å². The third kappa shape index (κ3) is 5.25. The summed E-state index contributed by atoms with van der Waals surface area (Å²) in [5.74, 6) is -0.101. The van der Waals surface area contributed by atoms with E-state index in [2.05, 4.69) is 10.3 Å². The second kappa shape index (κ2) is 9.71. The molecule has 29 heavy (non-hydrogen) atoms. The average molecular weight is 412 g/mol. The summed E-state index contributed by atoms with van der Waals surface area (Å²) in [7, 11) is 1.59. The number of rotatable bonds is 8. The molecular weight excluding hydrogens is 386 g/mol. The molecule has 0 bridgehead atoms. The van der Waals surface area contributed by atoms with Gasteiger partial charge in [0.05, 0.1) is 29.3 Å². The van der Waals surface area contributed by atoms with Crippen LogP contribution in [0.2, 0.25) is 0 Å². The number of nitrogens with zero attached hydrogens (tertiary/aromatic N) is 2. The second-order valence-corrected chi connectivity index (χ2v) is 8.13. The molecule has 6 nitrogen and oxygen atoms in total. The molecule has 152 valence electrons. The maximum Gasteiger partial charge on any atom is 0.262 e. The van der Waals surface area contributed by atoms with Crippen molar-refractivity contribution in [1.29, 1.82) is 0 Å². The topological polar surface area (TPSA) is 73.2 Å². The highest BCUT2D eigenvalue weighted by Gasteiger charge is 2.19. The van der Waals surface area contributed by atoms with E-state index >= 15 is 0 Å². The molecule has 7 heteroatoms. The molecule has 0 saturated heterocycles. The standard InChI is InChI=1S/C22H25N3O3S/c1-15-8-10-17(11-9-15)14-23-20(26)16(2)29-22-24-19-7-5-4-6-18(19)21(27)25(22)12-13-28-3/h4-11,16H,12-14H2,1-3H3,(H,23,26)/t16-/m1/s1. The highest BCUT2D eigenvalue weighted by molar-refractivity contribution is 8.00. The van der Waals surface area contributed by atoms with E-state index < -0.39 is 5.25 Å². The van der Waals surface area contributed by atoms with Crippen molar-refractivity contribution in [3.63, 3.8) is 0 Å². The minimum absolute atomic E-state index is 0.101. The van der Waals surface area contributed by atoms with Gasteiger partial charge in [-0.3, -0.25) is 14.2 Å². The summed E-state index contributed by atoms with van der Waals surface area (Å²) in [5, 5.41) is 3.63. The third-order valence-electron chi connectivity index (χ3n) is 4.58. The van der Waals surface area contributed by atoms with E-state index in [-0.39, 0.29) is 11.5 Å². The number of aromatic nitrogens is 2. The number of hydrogen-bond acceptors (Lipinski definition) is 5. The van der Waals surface area contributed by atoms with Gasteiger partial charge in [0.2, 0.25) is 5.91 Å². The zero-order chi connectivity index (χ0) is 20.8. The molecule has 3 aromatic rings. The van der Waals surface area contributed by atoms with Gasteiger partial charge in [0.25, 0.3) is 5.56 Å². The van der Waals surface area contributed by atoms with Gasteiger partial charge in [-0.25, -0.2) is 4.98 Å². The Morgan fingerprint density at radius 3 is 2.66 bits per heavy atom. The number of nitrogens with one attached hydrogen (secondary N) is 1. The number of amides is 1. The van der Waals surface area contributed by atoms with Crippen molar-refractivity contribution >= 4 is 28.6 Å². The maximum absolute atomic E-state index is 12.9. The van der Waals surface area contributed by atoms with E-state index in [4.69, 9.17) is 4.74 Å². The fourth-order valence-corrected chi connectivity index (χ4v) is 3.83. The fraction of sp³-hybridized carbons (Fsp3) is 0.318. The number of ether oxygens (including phenoxy) is 1. The molecule has 1 heterocycles. The number of para-hydroxylation sites is 1. The molecule has 0 fully saturated rings. The number of thioether (sulfide) groups is 1. The first-order valence-corrected chi connectivity index (χ1v) is 10.4. The summed E-state index contributed by atoms with van der Waals surface area (Å²) < 4.78 is 6.72. The first-order valence-electron chi connectivity index (χ1n) is 9.48. The Hall–Kier alpha value is -2.64. The van der Waals surface area contributed by atoms with Gasteiger partial charge in [-0.15, -0.1) is 0 Å². The molecular formula is C22H25N3O3S. The summed E-state index contributed by atoms with van der Waals surface area (Å²) in [6, 6.07) is 15.3. The summed E-state index contributed by atoms with van der Waals surface area (Å²) in [6.07, 6.45) is 0. The molecule has 1 aromatic heterocycles. The minimum Gasteiger partial charge on any atom is -0.383 e. The predicted octanol–water partition coefficient (Wildman–Crippen LogP) is 3.15. The predicted molar refractivity (Wildman–Crippen MR) is 116 cm³/mol. The molecule has 1 atom stereocenters. The largest absolute Gasteiger partial charge is 0.383 e. The van der Waals surface area contributed by atoms with Gasteiger partial charge in [-0.2, -0.15) is 0 Å². The first kappa shape index (κ1) is 21.1. The molecule has 1 amide bonds. The highest BCUT2D eigenvalue weighted by atomic mass is 32.2. The normalized spacial score (nSPS) is 12.1. The summed E-state index contributed by atoms with van der Waals surface area (Å²) in [5.41, 5.74) is 2.73. The first-order chi connectivity index (χ1) is 14.0. The van der Waals surface area contributed by atoms with E-state index in [1.807, 2.05) is 56.3 Å². The minimum atomic E-state index is -0.401. The van der Waals surface area contributed by atoms with Crippen molar-refractivity contribution in [3.8, 4) is 0 Å². The van der Waals surface area contributed by atoms with Crippen molar-refractivity contribution in [2.45, 2.75) is 37.3 Å². The number of carbonyl (C=O) groups excluding carboxylic acids is 1. The van der Waals surface area contributed by atoms with Crippen LogP contribution in [0.25, 0.3) is 10.9 Å². The molecule has 0 spiro atoms. The zero-order valence-corrected chi connectivity index (χ0v) is 17.7. The van der Waals surface area contributed by atoms with Crippen LogP contribution in [0.1, 0.15) is 18.1 Å². The van der Waals surface area contributed by atoms with E-state index in [0.717, 1.165) is 5.56 Å². The van der Waals surface area contributed by atoms with Gasteiger partial charge in [-0.05, 0) is 31.5 Å². The van der Waals surface area contributed by atoms with Crippen molar-refractivity contribution in [1.82, 2.24) is 14.9 Å². The van der Waals surface area contributed by atoms with Crippen molar-refractivity contribution in [2.24, 2.45) is 0 Å². The van der Waals surface area contributed by atoms with Gasteiger partial charge >= 0.3 is 0 Å². The van der Waals surface area contributed by atoms with Gasteiger partial charge < -0.3 is 10.1 Å². The van der Waals surface area contributed by atoms with Gasteiger partial charge in [0.1, 0.15) is 0 Å². The lowest BCUT2D eigenvalue weighted by Crippen LogP contribution is -2.32. The maximum atomic E-state index is 12.9. The number of fused-ring (bicyclic) bond motifs is 1. The van der Waals surface area contributed by atoms with Crippen molar-refractivity contribution < 1.29 is 9.53 Å². The summed E-state index contributed by atoms with van der Waals surface area (Å²) in [4.78, 5) is 30.1. The average Bonchev–Trinajstić information content (AvgIpc) is 2.73. The summed E-state index contributed by atoms with van der Waals surface area (Å²) >= 11 is 1.28. The quantitative estimate of drug-likeness (QED) is 0.455. The van der Waals surface area contributed by atoms with Crippen LogP contribution in [0.15, 0.2) is 58.5 Å². The number of methoxy groups -OCH3 is 1. The Bertz CT molecular complexity index is 1050. The number of hydrogen-bond donors (Lipinski definition) is 1. The Labute approximate surface area is 174 Å². The van der Waals surface area contributed by atoms with Gasteiger partial charge in [0, 0.05) is 13.7 Å². The molecule has 0 aliphatic heterocycles. The Morgan fingerprint density at radius 2 is 1.93 bits per heavy atom. The highest BCUT2D eigenvalue weighted by Crippen LogP contribution is 2.22. The van der Waals surface area contributed by atoms with Crippen LogP contribution in [0.3, 0.4) is 0 Å². The molecule has 0 saturated carbocycles. The van der Waals surface area contributed by atoms with Crippen molar-refractivity contribution in [3.05, 3.63) is 70.0 Å². The monoisotopic (exact) mass is 411 g/mol. The Balaban J connectivity index is 1.77. The number of benzene rings is 2.